The number of rotatable bonds is 5. The van der Waals surface area contributed by atoms with Crippen LogP contribution < -0.4 is 0 Å². The Balaban J connectivity index is 4.29. The largest absolute Gasteiger partial charge is 0.481 e. The molecule has 3 heteroatoms. The van der Waals surface area contributed by atoms with Crippen LogP contribution >= 0.6 is 0 Å². The number of carbonyl (C=O) groups is 1. The maximum absolute atomic E-state index is 10.9. The monoisotopic (exact) mass is 174 g/mol. The molecule has 1 atom stereocenters. The van der Waals surface area contributed by atoms with Crippen molar-refractivity contribution in [1.29, 1.82) is 0 Å². The molecule has 0 fully saturated rings. The fourth-order valence-electron chi connectivity index (χ4n) is 0.789. The number of carboxylic acids is 1. The third-order valence-electron chi connectivity index (χ3n) is 2.37. The molecule has 0 saturated carbocycles. The minimum atomic E-state index is -0.786. The summed E-state index contributed by atoms with van der Waals surface area (Å²) in [4.78, 5) is 10.9. The second-order valence-corrected chi connectivity index (χ2v) is 3.51. The average molecular weight is 174 g/mol. The smallest absolute Gasteiger partial charge is 0.311 e. The molecule has 0 amide bonds. The molecule has 72 valence electrons. The molecule has 0 aliphatic heterocycles. The van der Waals surface area contributed by atoms with Gasteiger partial charge in [-0.1, -0.05) is 13.8 Å². The van der Waals surface area contributed by atoms with Crippen LogP contribution in [0.1, 0.15) is 27.7 Å². The first-order valence-electron chi connectivity index (χ1n) is 4.26. The van der Waals surface area contributed by atoms with Gasteiger partial charge in [-0.05, 0) is 19.8 Å². The van der Waals surface area contributed by atoms with E-state index in [1.165, 1.54) is 0 Å². The first-order valence-corrected chi connectivity index (χ1v) is 4.26. The molecule has 0 aromatic rings. The summed E-state index contributed by atoms with van der Waals surface area (Å²) in [5.41, 5.74) is -0.754. The topological polar surface area (TPSA) is 46.5 Å². The second-order valence-electron chi connectivity index (χ2n) is 3.51. The minimum absolute atomic E-state index is 0.0848. The summed E-state index contributed by atoms with van der Waals surface area (Å²) < 4.78 is 5.14. The molecular formula is C9H18O3. The first-order chi connectivity index (χ1) is 5.45. The maximum atomic E-state index is 10.9. The van der Waals surface area contributed by atoms with Gasteiger partial charge in [0.2, 0.25) is 0 Å². The Hall–Kier alpha value is -0.570. The van der Waals surface area contributed by atoms with Crippen LogP contribution in [-0.4, -0.2) is 24.3 Å². The van der Waals surface area contributed by atoms with Crippen LogP contribution in [0.5, 0.6) is 0 Å². The molecule has 0 bridgehead atoms. The average Bonchev–Trinajstić information content (AvgIpc) is 1.99. The second kappa shape index (κ2) is 4.45. The maximum Gasteiger partial charge on any atom is 0.311 e. The summed E-state index contributed by atoms with van der Waals surface area (Å²) in [6.07, 6.45) is 0. The Morgan fingerprint density at radius 1 is 1.58 bits per heavy atom. The molecule has 0 radical (unpaired) electrons. The van der Waals surface area contributed by atoms with Crippen LogP contribution in [0.3, 0.4) is 0 Å². The summed E-state index contributed by atoms with van der Waals surface area (Å²) in [6, 6.07) is 0. The van der Waals surface area contributed by atoms with Gasteiger partial charge in [-0.25, -0.2) is 0 Å². The van der Waals surface area contributed by atoms with E-state index >= 15 is 0 Å². The van der Waals surface area contributed by atoms with Crippen LogP contribution in [0.25, 0.3) is 0 Å². The van der Waals surface area contributed by atoms with Gasteiger partial charge < -0.3 is 9.84 Å². The molecule has 0 aromatic heterocycles. The van der Waals surface area contributed by atoms with Gasteiger partial charge in [0, 0.05) is 6.61 Å². The molecule has 0 aliphatic carbocycles. The fourth-order valence-corrected chi connectivity index (χ4v) is 0.789. The molecule has 0 aliphatic rings. The lowest BCUT2D eigenvalue weighted by Gasteiger charge is -2.28. The Morgan fingerprint density at radius 3 is 2.33 bits per heavy atom. The van der Waals surface area contributed by atoms with Crippen molar-refractivity contribution in [2.75, 3.05) is 13.2 Å². The predicted octanol–water partition coefficient (Wildman–Crippen LogP) is 1.77. The lowest BCUT2D eigenvalue weighted by atomic mass is 9.80. The summed E-state index contributed by atoms with van der Waals surface area (Å²) in [6.45, 7) is 8.23. The molecule has 0 rings (SSSR count). The van der Waals surface area contributed by atoms with Crippen LogP contribution in [0.15, 0.2) is 0 Å². The van der Waals surface area contributed by atoms with E-state index in [0.717, 1.165) is 0 Å². The van der Waals surface area contributed by atoms with Gasteiger partial charge in [-0.3, -0.25) is 4.79 Å². The van der Waals surface area contributed by atoms with Gasteiger partial charge in [0.1, 0.15) is 0 Å². The van der Waals surface area contributed by atoms with Gasteiger partial charge in [0.25, 0.3) is 0 Å². The van der Waals surface area contributed by atoms with Gasteiger partial charge in [0.05, 0.1) is 12.0 Å². The first kappa shape index (κ1) is 11.4. The number of aliphatic carboxylic acids is 1. The van der Waals surface area contributed by atoms with Crippen LogP contribution in [0.4, 0.5) is 0 Å². The summed E-state index contributed by atoms with van der Waals surface area (Å²) in [5.74, 6) is -0.701. The molecule has 0 heterocycles. The van der Waals surface area contributed by atoms with E-state index in [2.05, 4.69) is 0 Å². The van der Waals surface area contributed by atoms with E-state index in [0.29, 0.717) is 6.61 Å². The third-order valence-corrected chi connectivity index (χ3v) is 2.37. The van der Waals surface area contributed by atoms with Crippen molar-refractivity contribution in [1.82, 2.24) is 0 Å². The van der Waals surface area contributed by atoms with E-state index in [-0.39, 0.29) is 12.5 Å². The number of hydrogen-bond donors (Lipinski definition) is 1. The Morgan fingerprint density at radius 2 is 2.08 bits per heavy atom. The highest BCUT2D eigenvalue weighted by Crippen LogP contribution is 2.27. The molecule has 0 aromatic carbocycles. The molecule has 1 N–H and O–H groups in total. The summed E-state index contributed by atoms with van der Waals surface area (Å²) >= 11 is 0. The minimum Gasteiger partial charge on any atom is -0.481 e. The Labute approximate surface area is 73.7 Å². The molecule has 0 spiro atoms. The molecule has 3 nitrogen and oxygen atoms in total. The van der Waals surface area contributed by atoms with Gasteiger partial charge in [0.15, 0.2) is 0 Å². The van der Waals surface area contributed by atoms with E-state index in [1.54, 1.807) is 6.92 Å². The van der Waals surface area contributed by atoms with Crippen molar-refractivity contribution in [3.63, 3.8) is 0 Å². The van der Waals surface area contributed by atoms with Gasteiger partial charge in [-0.15, -0.1) is 0 Å². The standard InChI is InChI=1S/C9H18O3/c1-5-12-6-9(4,7(2)3)8(10)11/h7H,5-6H2,1-4H3,(H,10,11). The third kappa shape index (κ3) is 2.48. The van der Waals surface area contributed by atoms with Crippen molar-refractivity contribution in [2.45, 2.75) is 27.7 Å². The Kier molecular flexibility index (Phi) is 4.24. The molecular weight excluding hydrogens is 156 g/mol. The van der Waals surface area contributed by atoms with Crippen LogP contribution in [0, 0.1) is 11.3 Å². The number of carboxylic acid groups (broad SMARTS) is 1. The van der Waals surface area contributed by atoms with E-state index in [1.807, 2.05) is 20.8 Å². The van der Waals surface area contributed by atoms with Crippen molar-refractivity contribution in [2.24, 2.45) is 11.3 Å². The van der Waals surface area contributed by atoms with E-state index < -0.39 is 11.4 Å². The van der Waals surface area contributed by atoms with E-state index in [9.17, 15) is 4.79 Å². The SMILES string of the molecule is CCOCC(C)(C(=O)O)C(C)C. The van der Waals surface area contributed by atoms with Crippen molar-refractivity contribution in [3.05, 3.63) is 0 Å². The highest BCUT2D eigenvalue weighted by Gasteiger charge is 2.36. The zero-order valence-corrected chi connectivity index (χ0v) is 8.26. The van der Waals surface area contributed by atoms with Crippen LogP contribution in [0.2, 0.25) is 0 Å². The van der Waals surface area contributed by atoms with Gasteiger partial charge >= 0.3 is 5.97 Å². The molecule has 12 heavy (non-hydrogen) atoms. The highest BCUT2D eigenvalue weighted by atomic mass is 16.5. The lowest BCUT2D eigenvalue weighted by Crippen LogP contribution is -2.37. The predicted molar refractivity (Wildman–Crippen MR) is 47.1 cm³/mol. The fraction of sp³-hybridized carbons (Fsp3) is 0.889. The quantitative estimate of drug-likeness (QED) is 0.691. The summed E-state index contributed by atoms with van der Waals surface area (Å²) in [7, 11) is 0. The number of hydrogen-bond acceptors (Lipinski definition) is 2. The Bertz CT molecular complexity index is 154. The lowest BCUT2D eigenvalue weighted by molar-refractivity contribution is -0.155. The number of ether oxygens (including phenoxy) is 1. The zero-order chi connectivity index (χ0) is 9.78. The summed E-state index contributed by atoms with van der Waals surface area (Å²) in [5, 5.41) is 8.95. The van der Waals surface area contributed by atoms with E-state index in [4.69, 9.17) is 9.84 Å². The van der Waals surface area contributed by atoms with Gasteiger partial charge in [-0.2, -0.15) is 0 Å². The highest BCUT2D eigenvalue weighted by molar-refractivity contribution is 5.74. The normalized spacial score (nSPS) is 16.1. The van der Waals surface area contributed by atoms with Crippen molar-refractivity contribution < 1.29 is 14.6 Å². The van der Waals surface area contributed by atoms with Crippen molar-refractivity contribution >= 4 is 5.97 Å². The van der Waals surface area contributed by atoms with Crippen LogP contribution in [-0.2, 0) is 9.53 Å². The molecule has 1 unspecified atom stereocenters. The zero-order valence-electron chi connectivity index (χ0n) is 8.26. The van der Waals surface area contributed by atoms with Crippen molar-refractivity contribution in [3.8, 4) is 0 Å². The molecule has 0 saturated heterocycles.